The molecular weight excluding hydrogens is 264 g/mol. The lowest BCUT2D eigenvalue weighted by Crippen LogP contribution is -2.34. The fourth-order valence-corrected chi connectivity index (χ4v) is 3.09. The van der Waals surface area contributed by atoms with E-state index in [0.29, 0.717) is 17.9 Å². The van der Waals surface area contributed by atoms with Crippen LogP contribution in [0.5, 0.6) is 0 Å². The van der Waals surface area contributed by atoms with Crippen molar-refractivity contribution in [3.63, 3.8) is 0 Å². The Bertz CT molecular complexity index is 480. The van der Waals surface area contributed by atoms with Crippen LogP contribution in [-0.2, 0) is 4.74 Å². The van der Waals surface area contributed by atoms with Gasteiger partial charge < -0.3 is 15.4 Å². The minimum atomic E-state index is -0.335. The molecule has 21 heavy (non-hydrogen) atoms. The van der Waals surface area contributed by atoms with Crippen molar-refractivity contribution in [3.8, 4) is 0 Å². The highest BCUT2D eigenvalue weighted by atomic mass is 16.5. The number of nitrogens with two attached hydrogens (primary N) is 1. The van der Waals surface area contributed by atoms with Crippen molar-refractivity contribution in [2.75, 3.05) is 30.3 Å². The lowest BCUT2D eigenvalue weighted by Gasteiger charge is -2.34. The van der Waals surface area contributed by atoms with Gasteiger partial charge in [-0.1, -0.05) is 25.8 Å². The number of para-hydroxylation sites is 1. The molecular formula is C17H26N2O2. The first kappa shape index (κ1) is 15.7. The van der Waals surface area contributed by atoms with Gasteiger partial charge in [0.25, 0.3) is 0 Å². The van der Waals surface area contributed by atoms with E-state index in [-0.39, 0.29) is 5.97 Å². The van der Waals surface area contributed by atoms with E-state index >= 15 is 0 Å². The van der Waals surface area contributed by atoms with Crippen molar-refractivity contribution in [3.05, 3.63) is 23.8 Å². The van der Waals surface area contributed by atoms with Gasteiger partial charge in [-0.2, -0.15) is 0 Å². The lowest BCUT2D eigenvalue weighted by molar-refractivity contribution is 0.0527. The average Bonchev–Trinajstić information content (AvgIpc) is 2.49. The number of nitrogens with zero attached hydrogens (tertiary/aromatic N) is 1. The van der Waals surface area contributed by atoms with Crippen LogP contribution in [0.25, 0.3) is 0 Å². The van der Waals surface area contributed by atoms with E-state index in [1.165, 1.54) is 25.7 Å². The minimum Gasteiger partial charge on any atom is -0.462 e. The molecule has 4 heteroatoms. The molecule has 1 aromatic carbocycles. The highest BCUT2D eigenvalue weighted by Crippen LogP contribution is 2.31. The van der Waals surface area contributed by atoms with Crippen molar-refractivity contribution >= 4 is 17.3 Å². The molecule has 1 aliphatic rings. The zero-order chi connectivity index (χ0) is 15.2. The van der Waals surface area contributed by atoms with Gasteiger partial charge in [0.2, 0.25) is 0 Å². The molecule has 0 spiro atoms. The molecule has 1 fully saturated rings. The Morgan fingerprint density at radius 1 is 1.33 bits per heavy atom. The van der Waals surface area contributed by atoms with Crippen LogP contribution >= 0.6 is 0 Å². The first-order valence-electron chi connectivity index (χ1n) is 7.97. The number of hydrogen-bond acceptors (Lipinski definition) is 4. The van der Waals surface area contributed by atoms with E-state index in [4.69, 9.17) is 10.5 Å². The van der Waals surface area contributed by atoms with Gasteiger partial charge in [0.05, 0.1) is 23.5 Å². The maximum absolute atomic E-state index is 11.9. The van der Waals surface area contributed by atoms with E-state index in [9.17, 15) is 4.79 Å². The normalized spacial score (nSPS) is 16.0. The standard InChI is InChI=1S/C17H26N2O2/c1-3-6-13-9-11-19(12-10-13)15-8-5-7-14(16(15)18)17(20)21-4-2/h5,7-8,13H,3-4,6,9-12,18H2,1-2H3. The second kappa shape index (κ2) is 7.34. The van der Waals surface area contributed by atoms with Gasteiger partial charge in [-0.3, -0.25) is 0 Å². The zero-order valence-corrected chi connectivity index (χ0v) is 13.1. The predicted octanol–water partition coefficient (Wildman–Crippen LogP) is 3.46. The van der Waals surface area contributed by atoms with Gasteiger partial charge in [0.15, 0.2) is 0 Å². The van der Waals surface area contributed by atoms with Crippen molar-refractivity contribution < 1.29 is 9.53 Å². The molecule has 0 unspecified atom stereocenters. The number of anilines is 2. The Hall–Kier alpha value is -1.71. The third-order valence-corrected chi connectivity index (χ3v) is 4.23. The van der Waals surface area contributed by atoms with E-state index < -0.39 is 0 Å². The smallest absolute Gasteiger partial charge is 0.340 e. The number of rotatable bonds is 5. The first-order chi connectivity index (χ1) is 10.2. The van der Waals surface area contributed by atoms with E-state index in [0.717, 1.165) is 24.7 Å². The largest absolute Gasteiger partial charge is 0.462 e. The number of ether oxygens (including phenoxy) is 1. The highest BCUT2D eigenvalue weighted by molar-refractivity contribution is 5.98. The summed E-state index contributed by atoms with van der Waals surface area (Å²) in [5.74, 6) is 0.499. The third kappa shape index (κ3) is 3.69. The minimum absolute atomic E-state index is 0.335. The van der Waals surface area contributed by atoms with E-state index in [1.807, 2.05) is 12.1 Å². The number of carbonyl (C=O) groups excluding carboxylic acids is 1. The molecule has 1 saturated heterocycles. The van der Waals surface area contributed by atoms with Gasteiger partial charge in [0, 0.05) is 13.1 Å². The summed E-state index contributed by atoms with van der Waals surface area (Å²) < 4.78 is 5.06. The van der Waals surface area contributed by atoms with E-state index in [2.05, 4.69) is 11.8 Å². The summed E-state index contributed by atoms with van der Waals surface area (Å²) in [4.78, 5) is 14.2. The van der Waals surface area contributed by atoms with Gasteiger partial charge in [-0.25, -0.2) is 4.79 Å². The number of nitrogen functional groups attached to an aromatic ring is 1. The Kier molecular flexibility index (Phi) is 5.48. The second-order valence-corrected chi connectivity index (χ2v) is 5.68. The predicted molar refractivity (Wildman–Crippen MR) is 86.7 cm³/mol. The molecule has 1 heterocycles. The fourth-order valence-electron chi connectivity index (χ4n) is 3.09. The van der Waals surface area contributed by atoms with Crippen LogP contribution in [0.4, 0.5) is 11.4 Å². The Morgan fingerprint density at radius 3 is 2.67 bits per heavy atom. The monoisotopic (exact) mass is 290 g/mol. The molecule has 1 aliphatic heterocycles. The van der Waals surface area contributed by atoms with Crippen molar-refractivity contribution in [1.29, 1.82) is 0 Å². The lowest BCUT2D eigenvalue weighted by atomic mass is 9.92. The van der Waals surface area contributed by atoms with Gasteiger partial charge in [-0.05, 0) is 37.8 Å². The van der Waals surface area contributed by atoms with Crippen LogP contribution in [0.2, 0.25) is 0 Å². The summed E-state index contributed by atoms with van der Waals surface area (Å²) in [5.41, 5.74) is 8.19. The molecule has 116 valence electrons. The topological polar surface area (TPSA) is 55.6 Å². The Morgan fingerprint density at radius 2 is 2.05 bits per heavy atom. The van der Waals surface area contributed by atoms with Crippen LogP contribution in [0.3, 0.4) is 0 Å². The van der Waals surface area contributed by atoms with Gasteiger partial charge in [0.1, 0.15) is 0 Å². The number of carbonyl (C=O) groups is 1. The number of esters is 1. The van der Waals surface area contributed by atoms with Gasteiger partial charge in [-0.15, -0.1) is 0 Å². The molecule has 2 N–H and O–H groups in total. The van der Waals surface area contributed by atoms with E-state index in [1.54, 1.807) is 13.0 Å². The Labute approximate surface area is 127 Å². The van der Waals surface area contributed by atoms with Crippen LogP contribution < -0.4 is 10.6 Å². The molecule has 0 bridgehead atoms. The number of hydrogen-bond donors (Lipinski definition) is 1. The number of piperidine rings is 1. The molecule has 0 radical (unpaired) electrons. The number of benzene rings is 1. The molecule has 0 atom stereocenters. The van der Waals surface area contributed by atoms with Crippen molar-refractivity contribution in [2.45, 2.75) is 39.5 Å². The molecule has 1 aromatic rings. The third-order valence-electron chi connectivity index (χ3n) is 4.23. The molecule has 4 nitrogen and oxygen atoms in total. The molecule has 2 rings (SSSR count). The summed E-state index contributed by atoms with van der Waals surface area (Å²) in [6, 6.07) is 5.62. The summed E-state index contributed by atoms with van der Waals surface area (Å²) in [7, 11) is 0. The maximum Gasteiger partial charge on any atom is 0.340 e. The molecule has 0 aromatic heterocycles. The summed E-state index contributed by atoms with van der Waals surface area (Å²) in [6.07, 6.45) is 4.98. The van der Waals surface area contributed by atoms with Crippen LogP contribution in [0, 0.1) is 5.92 Å². The quantitative estimate of drug-likeness (QED) is 0.666. The summed E-state index contributed by atoms with van der Waals surface area (Å²) in [5, 5.41) is 0. The van der Waals surface area contributed by atoms with Crippen LogP contribution in [0.1, 0.15) is 49.9 Å². The Balaban J connectivity index is 2.11. The van der Waals surface area contributed by atoms with Crippen molar-refractivity contribution in [2.24, 2.45) is 5.92 Å². The maximum atomic E-state index is 11.9. The molecule has 0 saturated carbocycles. The summed E-state index contributed by atoms with van der Waals surface area (Å²) >= 11 is 0. The van der Waals surface area contributed by atoms with Gasteiger partial charge >= 0.3 is 5.97 Å². The molecule has 0 aliphatic carbocycles. The zero-order valence-electron chi connectivity index (χ0n) is 13.1. The first-order valence-corrected chi connectivity index (χ1v) is 7.97. The summed E-state index contributed by atoms with van der Waals surface area (Å²) in [6.45, 7) is 6.44. The average molecular weight is 290 g/mol. The van der Waals surface area contributed by atoms with Crippen molar-refractivity contribution in [1.82, 2.24) is 0 Å². The molecule has 0 amide bonds. The second-order valence-electron chi connectivity index (χ2n) is 5.68. The van der Waals surface area contributed by atoms with Crippen LogP contribution in [-0.4, -0.2) is 25.7 Å². The highest BCUT2D eigenvalue weighted by Gasteiger charge is 2.22. The fraction of sp³-hybridized carbons (Fsp3) is 0.588. The van der Waals surface area contributed by atoms with Crippen LogP contribution in [0.15, 0.2) is 18.2 Å². The SMILES string of the molecule is CCCC1CCN(c2cccc(C(=O)OCC)c2N)CC1.